The van der Waals surface area contributed by atoms with E-state index in [1.165, 1.54) is 46.3 Å². The molecule has 6 aliphatic rings. The summed E-state index contributed by atoms with van der Waals surface area (Å²) in [5.74, 6) is 1.46. The van der Waals surface area contributed by atoms with Crippen LogP contribution in [0.5, 0.6) is 11.5 Å². The largest absolute Gasteiger partial charge is 0.426 e. The van der Waals surface area contributed by atoms with Gasteiger partial charge in [-0.1, -0.05) is 19.1 Å². The van der Waals surface area contributed by atoms with Gasteiger partial charge in [0.25, 0.3) is 0 Å². The van der Waals surface area contributed by atoms with Crippen LogP contribution in [0.25, 0.3) is 22.9 Å². The van der Waals surface area contributed by atoms with E-state index in [1.54, 1.807) is 17.0 Å². The minimum atomic E-state index is -0.364. The van der Waals surface area contributed by atoms with Crippen molar-refractivity contribution in [3.05, 3.63) is 51.9 Å². The maximum Gasteiger partial charge on any atom is 0.308 e. The van der Waals surface area contributed by atoms with Crippen molar-refractivity contribution in [1.82, 2.24) is 0 Å². The van der Waals surface area contributed by atoms with E-state index in [2.05, 4.69) is 29.3 Å². The maximum atomic E-state index is 11.5. The smallest absolute Gasteiger partial charge is 0.308 e. The second-order valence-corrected chi connectivity index (χ2v) is 16.5. The van der Waals surface area contributed by atoms with Gasteiger partial charge in [0.15, 0.2) is 0 Å². The Kier molecular flexibility index (Phi) is 9.84. The van der Waals surface area contributed by atoms with Gasteiger partial charge >= 0.3 is 11.9 Å². The van der Waals surface area contributed by atoms with Gasteiger partial charge in [-0.3, -0.25) is 19.2 Å². The van der Waals surface area contributed by atoms with Crippen molar-refractivity contribution in [3.63, 3.8) is 0 Å². The standard InChI is InChI=1S/C18H19ClN2O3.C16H16ClNO3.C8H10O/c1-10(22)20-13-4-5-14-15(6-13)18-12(8-19)9-21(3)16(18)7-17(14)24-11(2)23;1-10(20)21-15-6-14-16(11(7-17)8-18(14)9-19)13-5-3-2-4-12(13)15;1-6-2-7(5-9)4-8(6,7)3-6/h4-7,12H,8-9H2,1-3H3,(H,20,22);4-6,9,11H,2-3,7-8H2,1H3;5H,2-4H2,1H3. The summed E-state index contributed by atoms with van der Waals surface area (Å²) in [4.78, 5) is 59.7. The highest BCUT2D eigenvalue weighted by Crippen LogP contribution is 2.99. The van der Waals surface area contributed by atoms with Crippen LogP contribution in [0.15, 0.2) is 30.3 Å². The van der Waals surface area contributed by atoms with E-state index in [-0.39, 0.29) is 35.1 Å². The molecule has 0 radical (unpaired) electrons. The van der Waals surface area contributed by atoms with E-state index in [9.17, 15) is 24.0 Å². The van der Waals surface area contributed by atoms with Crippen molar-refractivity contribution in [1.29, 1.82) is 0 Å². The normalized spacial score (nSPS) is 26.9. The molecule has 3 aromatic carbocycles. The average Bonchev–Trinajstić information content (AvgIpc) is 3.63. The zero-order chi connectivity index (χ0) is 38.7. The number of halogens is 2. The third-order valence-electron chi connectivity index (χ3n) is 12.2. The van der Waals surface area contributed by atoms with Crippen LogP contribution >= 0.6 is 23.2 Å². The summed E-state index contributed by atoms with van der Waals surface area (Å²) >= 11 is 12.2. The van der Waals surface area contributed by atoms with Gasteiger partial charge in [-0.2, -0.15) is 0 Å². The van der Waals surface area contributed by atoms with Crippen LogP contribution in [0.4, 0.5) is 17.1 Å². The monoisotopic (exact) mass is 773 g/mol. The molecule has 54 heavy (non-hydrogen) atoms. The Bertz CT molecular complexity index is 2240. The molecule has 1 spiro atoms. The highest BCUT2D eigenvalue weighted by atomic mass is 35.5. The molecule has 5 unspecified atom stereocenters. The fraction of sp³-hybridized carbons (Fsp3) is 0.452. The quantitative estimate of drug-likeness (QED) is 0.132. The molecule has 2 heterocycles. The number of ether oxygens (including phenoxy) is 2. The number of fused-ring (bicyclic) bond motifs is 6. The predicted molar refractivity (Wildman–Crippen MR) is 211 cm³/mol. The Morgan fingerprint density at radius 3 is 2.02 bits per heavy atom. The zero-order valence-electron chi connectivity index (χ0n) is 31.2. The van der Waals surface area contributed by atoms with Gasteiger partial charge in [0.1, 0.15) is 17.8 Å². The summed E-state index contributed by atoms with van der Waals surface area (Å²) in [5, 5.41) is 6.59. The zero-order valence-corrected chi connectivity index (χ0v) is 32.7. The molecule has 4 aliphatic carbocycles. The van der Waals surface area contributed by atoms with Gasteiger partial charge in [-0.05, 0) is 82.9 Å². The van der Waals surface area contributed by atoms with Crippen molar-refractivity contribution in [2.45, 2.75) is 71.6 Å². The number of hydrogen-bond donors (Lipinski definition) is 1. The molecular weight excluding hydrogens is 729 g/mol. The Morgan fingerprint density at radius 1 is 0.833 bits per heavy atom. The highest BCUT2D eigenvalue weighted by Gasteiger charge is 2.94. The Morgan fingerprint density at radius 2 is 1.48 bits per heavy atom. The van der Waals surface area contributed by atoms with Crippen molar-refractivity contribution in [2.24, 2.45) is 16.2 Å². The number of anilines is 3. The lowest BCUT2D eigenvalue weighted by molar-refractivity contribution is -0.132. The van der Waals surface area contributed by atoms with Crippen molar-refractivity contribution < 1.29 is 33.4 Å². The molecule has 3 fully saturated rings. The third kappa shape index (κ3) is 6.25. The highest BCUT2D eigenvalue weighted by molar-refractivity contribution is 6.19. The lowest BCUT2D eigenvalue weighted by Crippen LogP contribution is -2.33. The van der Waals surface area contributed by atoms with Gasteiger partial charge in [0.05, 0.1) is 5.69 Å². The number of nitrogens with one attached hydrogen (secondary N) is 1. The second-order valence-electron chi connectivity index (χ2n) is 15.8. The molecule has 0 saturated heterocycles. The van der Waals surface area contributed by atoms with Gasteiger partial charge in [-0.15, -0.1) is 23.2 Å². The minimum absolute atomic E-state index is 0.120. The number of amides is 2. The molecule has 3 aromatic rings. The van der Waals surface area contributed by atoms with Gasteiger partial charge in [0, 0.05) is 104 Å². The minimum Gasteiger partial charge on any atom is -0.426 e. The number of aldehydes is 1. The average molecular weight is 775 g/mol. The number of hydrogen-bond acceptors (Lipinski definition) is 8. The Hall–Kier alpha value is -4.41. The summed E-state index contributed by atoms with van der Waals surface area (Å²) in [6.45, 7) is 7.94. The first-order valence-electron chi connectivity index (χ1n) is 18.4. The Balaban J connectivity index is 0.000000136. The van der Waals surface area contributed by atoms with E-state index in [0.29, 0.717) is 46.3 Å². The molecule has 2 amide bonds. The molecule has 3 saturated carbocycles. The van der Waals surface area contributed by atoms with Crippen LogP contribution in [-0.4, -0.2) is 62.4 Å². The lowest BCUT2D eigenvalue weighted by atomic mass is 9.77. The molecule has 284 valence electrons. The number of alkyl halides is 2. The molecule has 0 bridgehead atoms. The molecule has 1 N–H and O–H groups in total. The fourth-order valence-electron chi connectivity index (χ4n) is 9.87. The van der Waals surface area contributed by atoms with Crippen LogP contribution < -0.4 is 35.0 Å². The maximum absolute atomic E-state index is 11.5. The van der Waals surface area contributed by atoms with E-state index in [0.717, 1.165) is 69.5 Å². The number of likely N-dealkylation sites (N-methyl/N-ethyl adjacent to an activating group) is 1. The number of benzene rings is 3. The SMILES string of the molecule is CC(=O)Nc1ccc2c(OC(C)=O)cc3c(c2c1)C(CCl)CN3C.CC(=O)Oc1cc2c(c3c1=CCCC=3)C(CCl)CN2C=O.CC12CC3(C=O)CC13C2. The molecule has 0 aromatic heterocycles. The van der Waals surface area contributed by atoms with Gasteiger partial charge in [-0.25, -0.2) is 0 Å². The summed E-state index contributed by atoms with van der Waals surface area (Å²) in [6.07, 6.45) is 11.9. The second kappa shape index (κ2) is 14.0. The third-order valence-corrected chi connectivity index (χ3v) is 13.0. The van der Waals surface area contributed by atoms with Crippen LogP contribution in [0.3, 0.4) is 0 Å². The van der Waals surface area contributed by atoms with Crippen LogP contribution in [-0.2, 0) is 24.0 Å². The van der Waals surface area contributed by atoms with Crippen LogP contribution in [0.2, 0.25) is 0 Å². The van der Waals surface area contributed by atoms with E-state index >= 15 is 0 Å². The summed E-state index contributed by atoms with van der Waals surface area (Å²) < 4.78 is 10.7. The summed E-state index contributed by atoms with van der Waals surface area (Å²) in [5.41, 5.74) is 6.17. The van der Waals surface area contributed by atoms with E-state index in [4.69, 9.17) is 32.7 Å². The molecule has 5 atom stereocenters. The first-order chi connectivity index (χ1) is 25.7. The number of nitrogens with zero attached hydrogens (tertiary/aromatic N) is 2. The number of rotatable bonds is 7. The first kappa shape index (κ1) is 37.9. The van der Waals surface area contributed by atoms with Gasteiger partial charge in [0.2, 0.25) is 12.3 Å². The van der Waals surface area contributed by atoms with Crippen LogP contribution in [0.1, 0.15) is 82.8 Å². The number of carbonyl (C=O) groups is 5. The molecule has 10 nitrogen and oxygen atoms in total. The van der Waals surface area contributed by atoms with Gasteiger partial charge < -0.3 is 29.4 Å². The van der Waals surface area contributed by atoms with E-state index < -0.39 is 0 Å². The topological polar surface area (TPSA) is 122 Å². The molecule has 2 aliphatic heterocycles. The Labute approximate surface area is 324 Å². The number of esters is 2. The molecular formula is C42H45Cl2N3O7. The van der Waals surface area contributed by atoms with Crippen LogP contribution in [0, 0.1) is 16.2 Å². The fourth-order valence-corrected chi connectivity index (χ4v) is 10.4. The molecule has 9 rings (SSSR count). The van der Waals surface area contributed by atoms with Crippen molar-refractivity contribution in [3.8, 4) is 11.5 Å². The lowest BCUT2D eigenvalue weighted by Gasteiger charge is -2.26. The summed E-state index contributed by atoms with van der Waals surface area (Å²) in [7, 11) is 1.99. The molecule has 12 heteroatoms. The van der Waals surface area contributed by atoms with Crippen molar-refractivity contribution >= 4 is 93.7 Å². The van der Waals surface area contributed by atoms with E-state index in [1.807, 2.05) is 25.2 Å². The van der Waals surface area contributed by atoms with Crippen molar-refractivity contribution in [2.75, 3.05) is 47.0 Å². The predicted octanol–water partition coefficient (Wildman–Crippen LogP) is 6.14. The number of carbonyl (C=O) groups excluding carboxylic acids is 5. The first-order valence-corrected chi connectivity index (χ1v) is 19.4. The summed E-state index contributed by atoms with van der Waals surface area (Å²) in [6, 6.07) is 9.26.